The second kappa shape index (κ2) is 12.9. The van der Waals surface area contributed by atoms with Crippen LogP contribution in [0, 0.1) is 0 Å². The molecule has 6 nitrogen and oxygen atoms in total. The highest BCUT2D eigenvalue weighted by molar-refractivity contribution is 5.48. The number of anilines is 2. The van der Waals surface area contributed by atoms with Gasteiger partial charge in [0.25, 0.3) is 0 Å². The largest absolute Gasteiger partial charge is 0.493 e. The summed E-state index contributed by atoms with van der Waals surface area (Å²) in [5, 5.41) is 0. The lowest BCUT2D eigenvalue weighted by atomic mass is 10.1. The standard InChI is InChI=1S/C23H36N4O2/c1-3-4-5-6-7-8-9-10-11-14-29-20-13-12-18(16-21(20)28-2)15-19-17-26-23(25)27-22(19)24/h12-13,16-17H,3-11,14-15H2,1-2H3,(H4,24,25,26,27). The first-order valence-corrected chi connectivity index (χ1v) is 10.8. The molecule has 2 rings (SSSR count). The minimum atomic E-state index is 0.184. The maximum absolute atomic E-state index is 5.94. The molecule has 29 heavy (non-hydrogen) atoms. The molecule has 2 aromatic rings. The Balaban J connectivity index is 1.74. The zero-order valence-electron chi connectivity index (χ0n) is 18.0. The number of hydrogen-bond donors (Lipinski definition) is 2. The van der Waals surface area contributed by atoms with Crippen LogP contribution in [0.1, 0.15) is 75.8 Å². The van der Waals surface area contributed by atoms with Crippen molar-refractivity contribution in [3.63, 3.8) is 0 Å². The van der Waals surface area contributed by atoms with Gasteiger partial charge in [0, 0.05) is 18.2 Å². The van der Waals surface area contributed by atoms with E-state index in [1.54, 1.807) is 13.3 Å². The van der Waals surface area contributed by atoms with Gasteiger partial charge in [0.05, 0.1) is 13.7 Å². The van der Waals surface area contributed by atoms with Crippen LogP contribution in [0.4, 0.5) is 11.8 Å². The number of rotatable bonds is 14. The maximum Gasteiger partial charge on any atom is 0.221 e. The molecule has 1 heterocycles. The Hall–Kier alpha value is -2.50. The number of nitrogens with zero attached hydrogens (tertiary/aromatic N) is 2. The number of ether oxygens (including phenoxy) is 2. The third kappa shape index (κ3) is 8.18. The van der Waals surface area contributed by atoms with Gasteiger partial charge in [0.15, 0.2) is 11.5 Å². The predicted molar refractivity (Wildman–Crippen MR) is 119 cm³/mol. The summed E-state index contributed by atoms with van der Waals surface area (Å²) in [6, 6.07) is 5.95. The second-order valence-electron chi connectivity index (χ2n) is 7.48. The molecule has 0 bridgehead atoms. The summed E-state index contributed by atoms with van der Waals surface area (Å²) in [6.45, 7) is 2.97. The number of benzene rings is 1. The summed E-state index contributed by atoms with van der Waals surface area (Å²) in [5.74, 6) is 2.09. The zero-order chi connectivity index (χ0) is 20.9. The van der Waals surface area contributed by atoms with E-state index in [0.717, 1.165) is 29.0 Å². The van der Waals surface area contributed by atoms with E-state index < -0.39 is 0 Å². The molecule has 0 radical (unpaired) electrons. The highest BCUT2D eigenvalue weighted by atomic mass is 16.5. The first-order chi connectivity index (χ1) is 14.1. The van der Waals surface area contributed by atoms with E-state index in [-0.39, 0.29) is 5.95 Å². The highest BCUT2D eigenvalue weighted by Gasteiger charge is 2.09. The van der Waals surface area contributed by atoms with E-state index in [4.69, 9.17) is 20.9 Å². The van der Waals surface area contributed by atoms with Gasteiger partial charge in [0.1, 0.15) is 5.82 Å². The van der Waals surface area contributed by atoms with Gasteiger partial charge in [-0.15, -0.1) is 0 Å². The van der Waals surface area contributed by atoms with Crippen molar-refractivity contribution < 1.29 is 9.47 Å². The average Bonchev–Trinajstić information content (AvgIpc) is 2.72. The Labute approximate surface area is 175 Å². The number of nitrogens with two attached hydrogens (primary N) is 2. The highest BCUT2D eigenvalue weighted by Crippen LogP contribution is 2.29. The van der Waals surface area contributed by atoms with E-state index in [1.807, 2.05) is 18.2 Å². The molecule has 0 amide bonds. The molecular weight excluding hydrogens is 364 g/mol. The minimum absolute atomic E-state index is 0.184. The van der Waals surface area contributed by atoms with Crippen LogP contribution in [0.15, 0.2) is 24.4 Å². The van der Waals surface area contributed by atoms with Crippen molar-refractivity contribution in [1.29, 1.82) is 0 Å². The van der Waals surface area contributed by atoms with Gasteiger partial charge in [-0.25, -0.2) is 4.98 Å². The van der Waals surface area contributed by atoms with Crippen molar-refractivity contribution in [2.45, 2.75) is 71.1 Å². The Morgan fingerprint density at radius 3 is 2.24 bits per heavy atom. The van der Waals surface area contributed by atoms with E-state index in [9.17, 15) is 0 Å². The SMILES string of the molecule is CCCCCCCCCCCOc1ccc(Cc2cnc(N)nc2N)cc1OC. The van der Waals surface area contributed by atoms with Gasteiger partial charge in [-0.1, -0.05) is 64.4 Å². The number of methoxy groups -OCH3 is 1. The van der Waals surface area contributed by atoms with Crippen LogP contribution in [-0.2, 0) is 6.42 Å². The van der Waals surface area contributed by atoms with Crippen LogP contribution in [0.3, 0.4) is 0 Å². The summed E-state index contributed by atoms with van der Waals surface area (Å²) < 4.78 is 11.4. The smallest absolute Gasteiger partial charge is 0.221 e. The number of unbranched alkanes of at least 4 members (excludes halogenated alkanes) is 8. The lowest BCUT2D eigenvalue weighted by Crippen LogP contribution is -2.04. The lowest BCUT2D eigenvalue weighted by molar-refractivity contribution is 0.284. The fraction of sp³-hybridized carbons (Fsp3) is 0.565. The van der Waals surface area contributed by atoms with Crippen molar-refractivity contribution in [2.24, 2.45) is 0 Å². The second-order valence-corrected chi connectivity index (χ2v) is 7.48. The molecule has 4 N–H and O–H groups in total. The molecule has 6 heteroatoms. The van der Waals surface area contributed by atoms with Crippen molar-refractivity contribution >= 4 is 11.8 Å². The molecular formula is C23H36N4O2. The lowest BCUT2D eigenvalue weighted by Gasteiger charge is -2.13. The monoisotopic (exact) mass is 400 g/mol. The summed E-state index contributed by atoms with van der Waals surface area (Å²) >= 11 is 0. The maximum atomic E-state index is 5.94. The van der Waals surface area contributed by atoms with Crippen LogP contribution in [0.5, 0.6) is 11.5 Å². The van der Waals surface area contributed by atoms with Gasteiger partial charge in [-0.3, -0.25) is 0 Å². The number of hydrogen-bond acceptors (Lipinski definition) is 6. The van der Waals surface area contributed by atoms with Crippen LogP contribution in [0.25, 0.3) is 0 Å². The molecule has 0 spiro atoms. The zero-order valence-corrected chi connectivity index (χ0v) is 18.0. The average molecular weight is 401 g/mol. The van der Waals surface area contributed by atoms with Gasteiger partial charge in [-0.05, 0) is 24.1 Å². The quantitative estimate of drug-likeness (QED) is 0.426. The van der Waals surface area contributed by atoms with E-state index in [0.29, 0.717) is 18.8 Å². The molecule has 0 aliphatic heterocycles. The fourth-order valence-electron chi connectivity index (χ4n) is 3.33. The fourth-order valence-corrected chi connectivity index (χ4v) is 3.33. The van der Waals surface area contributed by atoms with Crippen molar-refractivity contribution in [2.75, 3.05) is 25.2 Å². The summed E-state index contributed by atoms with van der Waals surface area (Å²) in [7, 11) is 1.66. The van der Waals surface area contributed by atoms with Gasteiger partial charge in [0.2, 0.25) is 5.95 Å². The molecule has 0 aliphatic carbocycles. The summed E-state index contributed by atoms with van der Waals surface area (Å²) in [5.41, 5.74) is 13.4. The van der Waals surface area contributed by atoms with Gasteiger partial charge >= 0.3 is 0 Å². The van der Waals surface area contributed by atoms with Crippen LogP contribution < -0.4 is 20.9 Å². The number of nitrogen functional groups attached to an aromatic ring is 2. The van der Waals surface area contributed by atoms with Crippen LogP contribution in [0.2, 0.25) is 0 Å². The molecule has 1 aromatic heterocycles. The van der Waals surface area contributed by atoms with E-state index in [1.165, 1.54) is 51.4 Å². The third-order valence-corrected chi connectivity index (χ3v) is 5.04. The summed E-state index contributed by atoms with van der Waals surface area (Å²) in [4.78, 5) is 8.02. The molecule has 160 valence electrons. The van der Waals surface area contributed by atoms with Crippen molar-refractivity contribution in [3.05, 3.63) is 35.5 Å². The normalized spacial score (nSPS) is 10.8. The molecule has 1 aromatic carbocycles. The van der Waals surface area contributed by atoms with Crippen molar-refractivity contribution in [3.8, 4) is 11.5 Å². The predicted octanol–water partition coefficient (Wildman–Crippen LogP) is 5.15. The minimum Gasteiger partial charge on any atom is -0.493 e. The van der Waals surface area contributed by atoms with Gasteiger partial charge in [-0.2, -0.15) is 4.98 Å². The molecule has 0 atom stereocenters. The van der Waals surface area contributed by atoms with Gasteiger partial charge < -0.3 is 20.9 Å². The Kier molecular flexibility index (Phi) is 10.1. The number of aromatic nitrogens is 2. The molecule has 0 saturated heterocycles. The molecule has 0 fully saturated rings. The first kappa shape index (κ1) is 22.8. The molecule has 0 unspecified atom stereocenters. The van der Waals surface area contributed by atoms with Crippen LogP contribution >= 0.6 is 0 Å². The Morgan fingerprint density at radius 1 is 0.897 bits per heavy atom. The van der Waals surface area contributed by atoms with Crippen LogP contribution in [-0.4, -0.2) is 23.7 Å². The topological polar surface area (TPSA) is 96.3 Å². The Bertz CT molecular complexity index is 737. The first-order valence-electron chi connectivity index (χ1n) is 10.8. The van der Waals surface area contributed by atoms with E-state index >= 15 is 0 Å². The van der Waals surface area contributed by atoms with Crippen molar-refractivity contribution in [1.82, 2.24) is 9.97 Å². The third-order valence-electron chi connectivity index (χ3n) is 5.04. The molecule has 0 saturated carbocycles. The molecule has 0 aliphatic rings. The summed E-state index contributed by atoms with van der Waals surface area (Å²) in [6.07, 6.45) is 14.0. The Morgan fingerprint density at radius 2 is 1.59 bits per heavy atom. The van der Waals surface area contributed by atoms with E-state index in [2.05, 4.69) is 16.9 Å².